The number of hydrogen-bond acceptors (Lipinski definition) is 2. The maximum Gasteiger partial charge on any atom is 0.135 e. The quantitative estimate of drug-likeness (QED) is 0.187. The number of hydrogen-bond donors (Lipinski definition) is 1. The molecule has 0 aliphatic carbocycles. The largest absolute Gasteiger partial charge is 0.456 e. The molecular weight excluding hydrogens is 1180 g/mol. The molecule has 0 aliphatic heterocycles. The Morgan fingerprint density at radius 1 is 0.220 bits per heavy atom. The second-order valence-electron chi connectivity index (χ2n) is 23.4. The summed E-state index contributed by atoms with van der Waals surface area (Å²) in [7, 11) is 0. The van der Waals surface area contributed by atoms with Crippen molar-refractivity contribution in [3.8, 4) is 39.3 Å². The van der Waals surface area contributed by atoms with Crippen LogP contribution in [0.5, 0.6) is 0 Å². The van der Waals surface area contributed by atoms with Gasteiger partial charge in [0.1, 0.15) is 22.3 Å². The molecule has 7 heteroatoms. The van der Waals surface area contributed by atoms with Gasteiger partial charge in [-0.1, -0.05) is 186 Å². The molecule has 0 saturated heterocycles. The molecule has 14 aromatic carbocycles. The Bertz CT molecular complexity index is 6240. The third-order valence-corrected chi connectivity index (χ3v) is 18.7. The fraction of sp³-hybridized carbons (Fsp3) is 0. The summed E-state index contributed by atoms with van der Waals surface area (Å²) < 4.78 is 20.0. The highest BCUT2D eigenvalue weighted by molar-refractivity contribution is 9.10. The molecule has 0 fully saturated rings. The van der Waals surface area contributed by atoms with Crippen LogP contribution < -0.4 is 0 Å². The van der Waals surface area contributed by atoms with Crippen molar-refractivity contribution < 1.29 is 8.83 Å². The predicted molar refractivity (Wildman–Crippen MR) is 385 cm³/mol. The van der Waals surface area contributed by atoms with Gasteiger partial charge in [-0.25, -0.2) is 0 Å². The Morgan fingerprint density at radius 2 is 0.571 bits per heavy atom. The van der Waals surface area contributed by atoms with Crippen LogP contribution in [0.25, 0.3) is 170 Å². The number of para-hydroxylation sites is 8. The molecule has 0 amide bonds. The summed E-state index contributed by atoms with van der Waals surface area (Å²) in [4.78, 5) is 3.53. The van der Waals surface area contributed by atoms with Gasteiger partial charge < -0.3 is 27.5 Å². The summed E-state index contributed by atoms with van der Waals surface area (Å²) in [6.07, 6.45) is 0. The number of aromatic nitrogens is 4. The Kier molecular flexibility index (Phi) is 12.3. The van der Waals surface area contributed by atoms with Crippen LogP contribution in [0.3, 0.4) is 0 Å². The van der Waals surface area contributed by atoms with Gasteiger partial charge in [-0.2, -0.15) is 0 Å². The molecule has 6 nitrogen and oxygen atoms in total. The van der Waals surface area contributed by atoms with Crippen LogP contribution in [-0.4, -0.2) is 18.7 Å². The van der Waals surface area contributed by atoms with Crippen molar-refractivity contribution in [2.45, 2.75) is 0 Å². The van der Waals surface area contributed by atoms with Gasteiger partial charge in [-0.3, -0.25) is 0 Å². The van der Waals surface area contributed by atoms with Crippen molar-refractivity contribution in [1.29, 1.82) is 0 Å². The van der Waals surface area contributed by atoms with E-state index in [-0.39, 0.29) is 0 Å². The number of nitrogens with zero attached hydrogens (tertiary/aromatic N) is 3. The van der Waals surface area contributed by atoms with Crippen LogP contribution in [0.4, 0.5) is 0 Å². The number of furan rings is 2. The standard InChI is InChI=1S/C42H26N2O.C30H20N2.C12H7BrO/c1-2-10-29(11-3-1)43-37-15-7-4-12-31(37)34-24-27(18-21-39(34)43)28-19-22-40-35(25-28)32-13-5-8-16-38(32)44(40)30-20-23-42-36(26-30)33-14-6-9-17-41(33)45-42;1-2-8-22(9-3-1)32-29-13-7-5-11-24(29)26-19-21(15-17-30(26)32)20-14-16-28-25(18-20)23-10-4-6-12-27(23)31-28;13-8-5-6-12-10(7-8)9-3-1-2-4-11(9)14-12/h1-26H;1-19,31H;1-7H. The van der Waals surface area contributed by atoms with E-state index in [1.165, 1.54) is 126 Å². The van der Waals surface area contributed by atoms with Crippen molar-refractivity contribution in [2.24, 2.45) is 0 Å². The monoisotopic (exact) mass is 1230 g/mol. The number of fused-ring (bicyclic) bond motifs is 18. The van der Waals surface area contributed by atoms with E-state index in [2.05, 4.69) is 308 Å². The van der Waals surface area contributed by atoms with E-state index in [0.717, 1.165) is 48.7 Å². The first-order valence-corrected chi connectivity index (χ1v) is 31.5. The third-order valence-electron chi connectivity index (χ3n) is 18.2. The Morgan fingerprint density at radius 3 is 1.08 bits per heavy atom. The maximum atomic E-state index is 6.14. The molecule has 0 unspecified atom stereocenters. The average molecular weight is 1230 g/mol. The molecule has 91 heavy (non-hydrogen) atoms. The zero-order chi connectivity index (χ0) is 60.1. The van der Waals surface area contributed by atoms with Gasteiger partial charge in [0, 0.05) is 97.2 Å². The van der Waals surface area contributed by atoms with Crippen LogP contribution in [0.1, 0.15) is 0 Å². The third kappa shape index (κ3) is 8.76. The van der Waals surface area contributed by atoms with Gasteiger partial charge in [0.2, 0.25) is 0 Å². The minimum atomic E-state index is 0.909. The lowest BCUT2D eigenvalue weighted by Gasteiger charge is -2.09. The molecule has 0 aliphatic rings. The lowest BCUT2D eigenvalue weighted by molar-refractivity contribution is 0.668. The lowest BCUT2D eigenvalue weighted by atomic mass is 10.0. The van der Waals surface area contributed by atoms with Crippen molar-refractivity contribution in [3.05, 3.63) is 320 Å². The first-order valence-electron chi connectivity index (χ1n) is 30.7. The number of halogens is 1. The molecule has 0 spiro atoms. The molecule has 1 N–H and O–H groups in total. The van der Waals surface area contributed by atoms with E-state index in [4.69, 9.17) is 8.83 Å². The summed E-state index contributed by atoms with van der Waals surface area (Å²) in [5.74, 6) is 0. The van der Waals surface area contributed by atoms with Gasteiger partial charge in [0.25, 0.3) is 0 Å². The fourth-order valence-corrected chi connectivity index (χ4v) is 14.4. The Balaban J connectivity index is 0.000000115. The Labute approximate surface area is 530 Å². The Hall–Kier alpha value is -11.6. The fourth-order valence-electron chi connectivity index (χ4n) is 14.0. The summed E-state index contributed by atoms with van der Waals surface area (Å²) in [5, 5.41) is 14.7. The van der Waals surface area contributed by atoms with Crippen LogP contribution in [-0.2, 0) is 0 Å². The first kappa shape index (κ1) is 52.5. The van der Waals surface area contributed by atoms with Crippen LogP contribution >= 0.6 is 15.9 Å². The number of benzene rings is 14. The molecule has 6 heterocycles. The van der Waals surface area contributed by atoms with Gasteiger partial charge >= 0.3 is 0 Å². The number of H-pyrrole nitrogens is 1. The highest BCUT2D eigenvalue weighted by atomic mass is 79.9. The second kappa shape index (κ2) is 21.3. The van der Waals surface area contributed by atoms with E-state index in [0.29, 0.717) is 0 Å². The van der Waals surface area contributed by atoms with Crippen molar-refractivity contribution >= 4 is 147 Å². The van der Waals surface area contributed by atoms with E-state index in [1.54, 1.807) is 0 Å². The van der Waals surface area contributed by atoms with E-state index in [1.807, 2.05) is 42.5 Å². The normalized spacial score (nSPS) is 11.8. The van der Waals surface area contributed by atoms with E-state index < -0.39 is 0 Å². The molecule has 6 aromatic heterocycles. The molecule has 0 bridgehead atoms. The van der Waals surface area contributed by atoms with Gasteiger partial charge in [-0.15, -0.1) is 0 Å². The predicted octanol–water partition coefficient (Wildman–Crippen LogP) is 23.9. The van der Waals surface area contributed by atoms with E-state index >= 15 is 0 Å². The summed E-state index contributed by atoms with van der Waals surface area (Å²) in [5.41, 5.74) is 21.7. The second-order valence-corrected chi connectivity index (χ2v) is 24.3. The molecule has 20 rings (SSSR count). The minimum absolute atomic E-state index is 0.909. The zero-order valence-corrected chi connectivity index (χ0v) is 50.6. The topological polar surface area (TPSA) is 56.9 Å². The highest BCUT2D eigenvalue weighted by Gasteiger charge is 2.19. The van der Waals surface area contributed by atoms with Crippen molar-refractivity contribution in [3.63, 3.8) is 0 Å². The van der Waals surface area contributed by atoms with Crippen LogP contribution in [0.15, 0.2) is 329 Å². The smallest absolute Gasteiger partial charge is 0.135 e. The van der Waals surface area contributed by atoms with Crippen molar-refractivity contribution in [2.75, 3.05) is 0 Å². The molecular formula is C84H53BrN4O2. The summed E-state index contributed by atoms with van der Waals surface area (Å²) in [6.45, 7) is 0. The van der Waals surface area contributed by atoms with Crippen molar-refractivity contribution in [1.82, 2.24) is 18.7 Å². The highest BCUT2D eigenvalue weighted by Crippen LogP contribution is 2.41. The minimum Gasteiger partial charge on any atom is -0.456 e. The number of aromatic amines is 1. The average Bonchev–Trinajstić information content (AvgIpc) is 1.71. The molecule has 0 radical (unpaired) electrons. The zero-order valence-electron chi connectivity index (χ0n) is 49.1. The number of rotatable bonds is 5. The maximum absolute atomic E-state index is 6.14. The van der Waals surface area contributed by atoms with Gasteiger partial charge in [0.05, 0.1) is 33.1 Å². The molecule has 0 atom stereocenters. The molecule has 428 valence electrons. The van der Waals surface area contributed by atoms with E-state index in [9.17, 15) is 0 Å². The SMILES string of the molecule is Brc1ccc2oc3ccccc3c2c1.c1ccc(-n2c3ccccc3c3cc(-c4ccc5[nH]c6ccccc6c5c4)ccc32)cc1.c1ccc(-n2c3ccccc3c3cc(-c4ccc5c(c4)c4ccccc4n5-c4ccc5oc6ccccc6c5c4)ccc32)cc1. The lowest BCUT2D eigenvalue weighted by Crippen LogP contribution is -1.93. The summed E-state index contributed by atoms with van der Waals surface area (Å²) in [6, 6.07) is 112. The van der Waals surface area contributed by atoms with Gasteiger partial charge in [-0.05, 0) is 168 Å². The first-order chi connectivity index (χ1) is 45.0. The summed E-state index contributed by atoms with van der Waals surface area (Å²) >= 11 is 3.46. The molecule has 0 saturated carbocycles. The van der Waals surface area contributed by atoms with Gasteiger partial charge in [0.15, 0.2) is 0 Å². The molecule has 20 aromatic rings. The van der Waals surface area contributed by atoms with Crippen LogP contribution in [0, 0.1) is 0 Å². The number of nitrogens with one attached hydrogen (secondary N) is 1. The van der Waals surface area contributed by atoms with Crippen LogP contribution in [0.2, 0.25) is 0 Å².